The minimum Gasteiger partial charge on any atom is -0.449 e. The van der Waals surface area contributed by atoms with Crippen LogP contribution in [0.1, 0.15) is 0 Å². The average molecular weight is 485 g/mol. The van der Waals surface area contributed by atoms with Crippen molar-refractivity contribution in [3.8, 4) is 11.4 Å². The highest BCUT2D eigenvalue weighted by Gasteiger charge is 2.23. The van der Waals surface area contributed by atoms with E-state index in [4.69, 9.17) is 5.11 Å². The van der Waals surface area contributed by atoms with Gasteiger partial charge in [-0.2, -0.15) is 0 Å². The number of carboxylic acid groups (broad SMARTS) is 1. The van der Waals surface area contributed by atoms with Crippen LogP contribution < -0.4 is 30.6 Å². The Bertz CT molecular complexity index is 1330. The summed E-state index contributed by atoms with van der Waals surface area (Å²) in [7, 11) is 0. The number of carbonyl (C=O) groups is 1. The maximum Gasteiger partial charge on any atom is 0.511 e. The molecule has 0 atom stereocenters. The van der Waals surface area contributed by atoms with E-state index in [-0.39, 0.29) is 22.3 Å². The molecule has 9 nitrogen and oxygen atoms in total. The molecule has 2 aliphatic rings. The lowest BCUT2D eigenvalue weighted by atomic mass is 10.1. The molecule has 0 aliphatic carbocycles. The van der Waals surface area contributed by atoms with Crippen molar-refractivity contribution in [2.45, 2.75) is 0 Å². The van der Waals surface area contributed by atoms with Crippen LogP contribution in [0, 0.1) is 11.6 Å². The number of halogens is 2. The van der Waals surface area contributed by atoms with Gasteiger partial charge in [0.1, 0.15) is 5.82 Å². The molecule has 1 aromatic heterocycles. The van der Waals surface area contributed by atoms with Gasteiger partial charge in [-0.15, -0.1) is 0 Å². The number of piperazine rings is 2. The Kier molecular flexibility index (Phi) is 6.27. The quantitative estimate of drug-likeness (QED) is 0.484. The minimum atomic E-state index is -1.69. The predicted octanol–water partition coefficient (Wildman–Crippen LogP) is 2.14. The molecule has 0 spiro atoms. The fourth-order valence-electron chi connectivity index (χ4n) is 4.67. The first-order chi connectivity index (χ1) is 16.9. The summed E-state index contributed by atoms with van der Waals surface area (Å²) in [5.74, 6) is -1.69. The van der Waals surface area contributed by atoms with Crippen LogP contribution in [-0.2, 0) is 0 Å². The van der Waals surface area contributed by atoms with Crippen molar-refractivity contribution in [1.29, 1.82) is 0 Å². The van der Waals surface area contributed by atoms with Gasteiger partial charge < -0.3 is 34.8 Å². The number of nitrogens with zero attached hydrogens (tertiary/aromatic N) is 3. The zero-order chi connectivity index (χ0) is 24.5. The van der Waals surface area contributed by atoms with E-state index in [1.54, 1.807) is 12.1 Å². The van der Waals surface area contributed by atoms with Gasteiger partial charge in [-0.3, -0.25) is 4.79 Å². The lowest BCUT2D eigenvalue weighted by molar-refractivity contribution is 0.144. The summed E-state index contributed by atoms with van der Waals surface area (Å²) in [6.07, 6.45) is -0.543. The van der Waals surface area contributed by atoms with Crippen molar-refractivity contribution in [3.05, 3.63) is 58.4 Å². The molecule has 0 amide bonds. The Balaban J connectivity index is 1.73. The van der Waals surface area contributed by atoms with E-state index in [0.717, 1.165) is 12.3 Å². The molecule has 2 fully saturated rings. The molecule has 3 N–H and O–H groups in total. The van der Waals surface area contributed by atoms with E-state index in [9.17, 15) is 9.59 Å². The maximum absolute atomic E-state index is 15.9. The van der Waals surface area contributed by atoms with Gasteiger partial charge in [-0.1, -0.05) is 6.07 Å². The molecule has 0 radical (unpaired) electrons. The summed E-state index contributed by atoms with van der Waals surface area (Å²) in [5, 5.41) is 15.5. The molecular weight excluding hydrogens is 460 g/mol. The molecule has 0 saturated carbocycles. The highest BCUT2D eigenvalue weighted by molar-refractivity contribution is 5.86. The topological polar surface area (TPSA) is 99.1 Å². The zero-order valence-electron chi connectivity index (χ0n) is 18.9. The number of benzene rings is 2. The van der Waals surface area contributed by atoms with Crippen LogP contribution >= 0.6 is 0 Å². The van der Waals surface area contributed by atoms with Crippen molar-refractivity contribution < 1.29 is 23.4 Å². The largest absolute Gasteiger partial charge is 0.511 e. The summed E-state index contributed by atoms with van der Waals surface area (Å²) < 4.78 is 37.1. The fraction of sp³-hybridized carbons (Fsp3) is 0.333. The van der Waals surface area contributed by atoms with Crippen LogP contribution in [0.15, 0.2) is 41.3 Å². The lowest BCUT2D eigenvalue weighted by Crippen LogP contribution is -2.44. The molecule has 2 saturated heterocycles. The lowest BCUT2D eigenvalue weighted by Gasteiger charge is -2.31. The smallest absolute Gasteiger partial charge is 0.449 e. The molecule has 184 valence electrons. The number of hydrogen-bond donors (Lipinski definition) is 3. The van der Waals surface area contributed by atoms with E-state index < -0.39 is 29.0 Å². The molecule has 0 bridgehead atoms. The second-order valence-corrected chi connectivity index (χ2v) is 8.47. The third kappa shape index (κ3) is 4.40. The third-order valence-electron chi connectivity index (χ3n) is 6.37. The van der Waals surface area contributed by atoms with Gasteiger partial charge in [-0.05, 0) is 24.3 Å². The minimum absolute atomic E-state index is 0.0964. The van der Waals surface area contributed by atoms with Gasteiger partial charge in [0, 0.05) is 52.4 Å². The summed E-state index contributed by atoms with van der Waals surface area (Å²) in [4.78, 5) is 28.0. The Hall–Kier alpha value is -3.70. The SMILES string of the molecule is O=C(O)Oc1cn(-c2cccc(N3CCNCC3)c2F)c2cc(N3CCNCC3)c(F)cc2c1=O. The van der Waals surface area contributed by atoms with Crippen molar-refractivity contribution in [3.63, 3.8) is 0 Å². The Labute approximate surface area is 199 Å². The summed E-state index contributed by atoms with van der Waals surface area (Å²) in [6, 6.07) is 7.48. The van der Waals surface area contributed by atoms with Crippen LogP contribution in [0.4, 0.5) is 25.0 Å². The molecule has 11 heteroatoms. The van der Waals surface area contributed by atoms with Crippen LogP contribution in [0.5, 0.6) is 5.75 Å². The Morgan fingerprint density at radius 3 is 2.14 bits per heavy atom. The Morgan fingerprint density at radius 2 is 1.51 bits per heavy atom. The molecule has 2 aliphatic heterocycles. The third-order valence-corrected chi connectivity index (χ3v) is 6.37. The van der Waals surface area contributed by atoms with Crippen LogP contribution in [-0.4, -0.2) is 68.2 Å². The van der Waals surface area contributed by atoms with Crippen molar-refractivity contribution >= 4 is 28.4 Å². The number of fused-ring (bicyclic) bond motifs is 1. The van der Waals surface area contributed by atoms with E-state index in [0.29, 0.717) is 58.0 Å². The van der Waals surface area contributed by atoms with Gasteiger partial charge in [-0.25, -0.2) is 13.6 Å². The highest BCUT2D eigenvalue weighted by Crippen LogP contribution is 2.31. The van der Waals surface area contributed by atoms with Crippen LogP contribution in [0.3, 0.4) is 0 Å². The molecule has 3 heterocycles. The summed E-state index contributed by atoms with van der Waals surface area (Å²) in [6.45, 7) is 5.17. The number of rotatable bonds is 4. The Morgan fingerprint density at radius 1 is 0.914 bits per heavy atom. The van der Waals surface area contributed by atoms with E-state index in [1.165, 1.54) is 16.7 Å². The van der Waals surface area contributed by atoms with Crippen molar-refractivity contribution in [2.24, 2.45) is 0 Å². The molecular formula is C24H25F2N5O4. The number of pyridine rings is 1. The van der Waals surface area contributed by atoms with Crippen LogP contribution in [0.25, 0.3) is 16.6 Å². The van der Waals surface area contributed by atoms with Gasteiger partial charge in [0.15, 0.2) is 11.6 Å². The number of anilines is 2. The van der Waals surface area contributed by atoms with Crippen LogP contribution in [0.2, 0.25) is 0 Å². The molecule has 35 heavy (non-hydrogen) atoms. The van der Waals surface area contributed by atoms with E-state index >= 15 is 8.78 Å². The zero-order valence-corrected chi connectivity index (χ0v) is 18.9. The normalized spacial score (nSPS) is 16.5. The maximum atomic E-state index is 15.9. The van der Waals surface area contributed by atoms with Crippen molar-refractivity contribution in [1.82, 2.24) is 15.2 Å². The van der Waals surface area contributed by atoms with E-state index in [1.807, 2.05) is 9.80 Å². The first-order valence-electron chi connectivity index (χ1n) is 11.4. The number of aromatic nitrogens is 1. The monoisotopic (exact) mass is 485 g/mol. The van der Waals surface area contributed by atoms with Gasteiger partial charge in [0.25, 0.3) is 0 Å². The fourth-order valence-corrected chi connectivity index (χ4v) is 4.67. The molecule has 2 aromatic carbocycles. The number of nitrogens with one attached hydrogen (secondary N) is 2. The highest BCUT2D eigenvalue weighted by atomic mass is 19.1. The van der Waals surface area contributed by atoms with Gasteiger partial charge >= 0.3 is 6.16 Å². The second-order valence-electron chi connectivity index (χ2n) is 8.47. The molecule has 3 aromatic rings. The van der Waals surface area contributed by atoms with E-state index in [2.05, 4.69) is 15.4 Å². The van der Waals surface area contributed by atoms with Gasteiger partial charge in [0.2, 0.25) is 5.43 Å². The average Bonchev–Trinajstić information content (AvgIpc) is 2.87. The first-order valence-corrected chi connectivity index (χ1v) is 11.4. The van der Waals surface area contributed by atoms with Gasteiger partial charge in [0.05, 0.1) is 34.2 Å². The molecule has 5 rings (SSSR count). The molecule has 0 unspecified atom stereocenters. The summed E-state index contributed by atoms with van der Waals surface area (Å²) in [5.41, 5.74) is 0.236. The first kappa shape index (κ1) is 23.1. The predicted molar refractivity (Wildman–Crippen MR) is 128 cm³/mol. The second kappa shape index (κ2) is 9.51. The number of ether oxygens (including phenoxy) is 1. The summed E-state index contributed by atoms with van der Waals surface area (Å²) >= 11 is 0. The standard InChI is InChI=1S/C24H25F2N5O4/c25-16-12-15-19(13-20(16)30-10-6-28-7-11-30)31(14-21(23(15)32)35-24(33)34)18-3-1-2-17(22(18)26)29-8-4-27-5-9-29/h1-3,12-14,27-28H,4-11H2,(H,33,34). The number of hydrogen-bond acceptors (Lipinski definition) is 7. The van der Waals surface area contributed by atoms with Crippen molar-refractivity contribution in [2.75, 3.05) is 62.2 Å².